The van der Waals surface area contributed by atoms with Crippen molar-refractivity contribution in [2.45, 2.75) is 6.92 Å². The van der Waals surface area contributed by atoms with E-state index in [1.165, 1.54) is 19.3 Å². The maximum absolute atomic E-state index is 10.6. The number of hydrogen-bond acceptors (Lipinski definition) is 3. The number of nitrogens with one attached hydrogen (secondary N) is 1. The number of amides is 1. The Balaban J connectivity index is 2.88. The summed E-state index contributed by atoms with van der Waals surface area (Å²) in [6, 6.07) is 3.49. The van der Waals surface area contributed by atoms with Gasteiger partial charge in [-0.15, -0.1) is 0 Å². The van der Waals surface area contributed by atoms with Gasteiger partial charge in [-0.1, -0.05) is 0 Å². The molecule has 0 fully saturated rings. The van der Waals surface area contributed by atoms with Gasteiger partial charge < -0.3 is 5.32 Å². The smallest absolute Gasteiger partial charge is 0.221 e. The largest absolute Gasteiger partial charge is 0.325 e. The van der Waals surface area contributed by atoms with Crippen LogP contribution < -0.4 is 5.32 Å². The number of nitrogens with zero attached hydrogens (tertiary/aromatic N) is 2. The van der Waals surface area contributed by atoms with Crippen LogP contribution in [0.15, 0.2) is 18.5 Å². The SMILES string of the molecule is CC(=O)Nc1cncc(C#N)c1. The first-order chi connectivity index (χ1) is 5.72. The highest BCUT2D eigenvalue weighted by Gasteiger charge is 1.96. The van der Waals surface area contributed by atoms with Crippen molar-refractivity contribution >= 4 is 11.6 Å². The van der Waals surface area contributed by atoms with Crippen LogP contribution in [-0.4, -0.2) is 10.9 Å². The molecule has 1 amide bonds. The second-order valence-electron chi connectivity index (χ2n) is 2.26. The van der Waals surface area contributed by atoms with Gasteiger partial charge in [0.15, 0.2) is 0 Å². The van der Waals surface area contributed by atoms with Crippen molar-refractivity contribution in [2.75, 3.05) is 5.32 Å². The Labute approximate surface area is 69.8 Å². The first kappa shape index (κ1) is 8.21. The molecule has 0 atom stereocenters. The lowest BCUT2D eigenvalue weighted by atomic mass is 10.3. The molecule has 1 aromatic rings. The molecule has 1 heterocycles. The standard InChI is InChI=1S/C8H7N3O/c1-6(12)11-8-2-7(3-9)4-10-5-8/h2,4-5H,1H3,(H,11,12). The zero-order chi connectivity index (χ0) is 8.97. The number of carbonyl (C=O) groups is 1. The fourth-order valence-electron chi connectivity index (χ4n) is 0.773. The molecule has 0 aliphatic rings. The zero-order valence-electron chi connectivity index (χ0n) is 6.53. The second-order valence-corrected chi connectivity index (χ2v) is 2.26. The van der Waals surface area contributed by atoms with Crippen molar-refractivity contribution in [1.29, 1.82) is 5.26 Å². The average molecular weight is 161 g/mol. The van der Waals surface area contributed by atoms with Gasteiger partial charge in [0.2, 0.25) is 5.91 Å². The third-order valence-corrected chi connectivity index (χ3v) is 1.19. The number of rotatable bonds is 1. The van der Waals surface area contributed by atoms with Crippen LogP contribution in [0.3, 0.4) is 0 Å². The molecule has 60 valence electrons. The number of nitriles is 1. The molecular formula is C8H7N3O. The van der Waals surface area contributed by atoms with E-state index in [4.69, 9.17) is 5.26 Å². The summed E-state index contributed by atoms with van der Waals surface area (Å²) in [5.41, 5.74) is 0.975. The topological polar surface area (TPSA) is 65.8 Å². The van der Waals surface area contributed by atoms with Crippen molar-refractivity contribution in [3.05, 3.63) is 24.0 Å². The lowest BCUT2D eigenvalue weighted by molar-refractivity contribution is -0.114. The number of anilines is 1. The lowest BCUT2D eigenvalue weighted by Crippen LogP contribution is -2.05. The Kier molecular flexibility index (Phi) is 2.38. The number of pyridine rings is 1. The van der Waals surface area contributed by atoms with E-state index in [0.29, 0.717) is 11.3 Å². The monoisotopic (exact) mass is 161 g/mol. The van der Waals surface area contributed by atoms with Crippen LogP contribution in [0.1, 0.15) is 12.5 Å². The van der Waals surface area contributed by atoms with Gasteiger partial charge in [-0.05, 0) is 6.07 Å². The third-order valence-electron chi connectivity index (χ3n) is 1.19. The summed E-state index contributed by atoms with van der Waals surface area (Å²) in [7, 11) is 0. The Hall–Kier alpha value is -1.89. The summed E-state index contributed by atoms with van der Waals surface area (Å²) >= 11 is 0. The van der Waals surface area contributed by atoms with Gasteiger partial charge in [0.1, 0.15) is 6.07 Å². The molecule has 4 heteroatoms. The maximum Gasteiger partial charge on any atom is 0.221 e. The number of carbonyl (C=O) groups excluding carboxylic acids is 1. The molecule has 0 aromatic carbocycles. The van der Waals surface area contributed by atoms with Gasteiger partial charge in [-0.3, -0.25) is 9.78 Å². The lowest BCUT2D eigenvalue weighted by Gasteiger charge is -1.99. The first-order valence-corrected chi connectivity index (χ1v) is 3.35. The van der Waals surface area contributed by atoms with Gasteiger partial charge in [0.05, 0.1) is 17.4 Å². The van der Waals surface area contributed by atoms with Crippen LogP contribution in [0, 0.1) is 11.3 Å². The van der Waals surface area contributed by atoms with Gasteiger partial charge in [0, 0.05) is 13.1 Å². The molecular weight excluding hydrogens is 154 g/mol. The first-order valence-electron chi connectivity index (χ1n) is 3.35. The summed E-state index contributed by atoms with van der Waals surface area (Å²) in [6.45, 7) is 1.40. The Morgan fingerprint density at radius 1 is 1.67 bits per heavy atom. The van der Waals surface area contributed by atoms with Gasteiger partial charge >= 0.3 is 0 Å². The van der Waals surface area contributed by atoms with E-state index >= 15 is 0 Å². The fourth-order valence-corrected chi connectivity index (χ4v) is 0.773. The van der Waals surface area contributed by atoms with E-state index in [-0.39, 0.29) is 5.91 Å². The van der Waals surface area contributed by atoms with Crippen LogP contribution in [0.5, 0.6) is 0 Å². The fraction of sp³-hybridized carbons (Fsp3) is 0.125. The zero-order valence-corrected chi connectivity index (χ0v) is 6.53. The van der Waals surface area contributed by atoms with Gasteiger partial charge in [0.25, 0.3) is 0 Å². The van der Waals surface area contributed by atoms with Crippen LogP contribution >= 0.6 is 0 Å². The highest BCUT2D eigenvalue weighted by Crippen LogP contribution is 2.06. The van der Waals surface area contributed by atoms with Crippen molar-refractivity contribution in [1.82, 2.24) is 4.98 Å². The summed E-state index contributed by atoms with van der Waals surface area (Å²) in [4.78, 5) is 14.4. The van der Waals surface area contributed by atoms with E-state index in [1.54, 1.807) is 6.07 Å². The van der Waals surface area contributed by atoms with E-state index in [9.17, 15) is 4.79 Å². The normalized spacial score (nSPS) is 8.67. The molecule has 0 unspecified atom stereocenters. The molecule has 1 aromatic heterocycles. The third kappa shape index (κ3) is 2.06. The predicted molar refractivity (Wildman–Crippen MR) is 43.3 cm³/mol. The van der Waals surface area contributed by atoms with Crippen molar-refractivity contribution < 1.29 is 4.79 Å². The summed E-state index contributed by atoms with van der Waals surface area (Å²) < 4.78 is 0. The molecule has 0 saturated heterocycles. The van der Waals surface area contributed by atoms with Crippen molar-refractivity contribution in [2.24, 2.45) is 0 Å². The van der Waals surface area contributed by atoms with Crippen molar-refractivity contribution in [3.8, 4) is 6.07 Å². The minimum atomic E-state index is -0.174. The molecule has 0 aliphatic heterocycles. The molecule has 0 bridgehead atoms. The Morgan fingerprint density at radius 3 is 3.00 bits per heavy atom. The number of hydrogen-bond donors (Lipinski definition) is 1. The summed E-state index contributed by atoms with van der Waals surface area (Å²) in [5.74, 6) is -0.174. The van der Waals surface area contributed by atoms with Crippen LogP contribution in [0.2, 0.25) is 0 Å². The number of aromatic nitrogens is 1. The molecule has 0 aliphatic carbocycles. The van der Waals surface area contributed by atoms with E-state index < -0.39 is 0 Å². The summed E-state index contributed by atoms with van der Waals surface area (Å²) in [5, 5.41) is 11.0. The Bertz CT molecular complexity index is 340. The van der Waals surface area contributed by atoms with E-state index in [0.717, 1.165) is 0 Å². The molecule has 0 spiro atoms. The van der Waals surface area contributed by atoms with E-state index in [2.05, 4.69) is 10.3 Å². The molecule has 12 heavy (non-hydrogen) atoms. The van der Waals surface area contributed by atoms with Gasteiger partial charge in [-0.2, -0.15) is 5.26 Å². The quantitative estimate of drug-likeness (QED) is 0.665. The van der Waals surface area contributed by atoms with Crippen LogP contribution in [-0.2, 0) is 4.79 Å². The molecule has 1 rings (SSSR count). The highest BCUT2D eigenvalue weighted by atomic mass is 16.1. The van der Waals surface area contributed by atoms with E-state index in [1.807, 2.05) is 6.07 Å². The summed E-state index contributed by atoms with van der Waals surface area (Å²) in [6.07, 6.45) is 2.92. The van der Waals surface area contributed by atoms with Crippen LogP contribution in [0.25, 0.3) is 0 Å². The molecule has 0 saturated carbocycles. The second kappa shape index (κ2) is 3.49. The minimum absolute atomic E-state index is 0.174. The average Bonchev–Trinajstić information content (AvgIpc) is 2.03. The van der Waals surface area contributed by atoms with Crippen LogP contribution in [0.4, 0.5) is 5.69 Å². The molecule has 1 N–H and O–H groups in total. The molecule has 4 nitrogen and oxygen atoms in total. The van der Waals surface area contributed by atoms with Gasteiger partial charge in [-0.25, -0.2) is 0 Å². The highest BCUT2D eigenvalue weighted by molar-refractivity contribution is 5.88. The Morgan fingerprint density at radius 2 is 2.42 bits per heavy atom. The minimum Gasteiger partial charge on any atom is -0.325 e. The van der Waals surface area contributed by atoms with Crippen molar-refractivity contribution in [3.63, 3.8) is 0 Å². The predicted octanol–water partition coefficient (Wildman–Crippen LogP) is 0.912. The molecule has 0 radical (unpaired) electrons. The maximum atomic E-state index is 10.6.